The smallest absolute Gasteiger partial charge is 0.203 e. The minimum atomic E-state index is -0.0353. The molecule has 0 radical (unpaired) electrons. The van der Waals surface area contributed by atoms with Gasteiger partial charge in [-0.1, -0.05) is 19.9 Å². The fourth-order valence-electron chi connectivity index (χ4n) is 4.79. The maximum absolute atomic E-state index is 10.7. The molecule has 0 amide bonds. The summed E-state index contributed by atoms with van der Waals surface area (Å²) in [6, 6.07) is 11.7. The Labute approximate surface area is 168 Å². The molecule has 2 aromatic rings. The molecular weight excluding hydrogens is 344 g/mol. The Bertz CT molecular complexity index is 1050. The predicted molar refractivity (Wildman–Crippen MR) is 117 cm³/mol. The summed E-state index contributed by atoms with van der Waals surface area (Å²) in [5, 5.41) is 2.74. The molecule has 0 saturated carbocycles. The van der Waals surface area contributed by atoms with E-state index in [4.69, 9.17) is 0 Å². The highest BCUT2D eigenvalue weighted by Gasteiger charge is 2.31. The van der Waals surface area contributed by atoms with Gasteiger partial charge in [0.15, 0.2) is 0 Å². The largest absolute Gasteiger partial charge is 0.378 e. The number of anilines is 1. The Kier molecular flexibility index (Phi) is 4.86. The lowest BCUT2D eigenvalue weighted by molar-refractivity contribution is -0.107. The number of hydrogen-bond donors (Lipinski definition) is 0. The minimum absolute atomic E-state index is 0.0353. The summed E-state index contributed by atoms with van der Waals surface area (Å²) in [5.74, 6) is 0. The van der Waals surface area contributed by atoms with E-state index >= 15 is 0 Å². The molecule has 0 aromatic heterocycles. The van der Waals surface area contributed by atoms with Crippen LogP contribution in [0.5, 0.6) is 0 Å². The first-order valence-corrected chi connectivity index (χ1v) is 10.4. The highest BCUT2D eigenvalue weighted by atomic mass is 16.1. The lowest BCUT2D eigenvalue weighted by Crippen LogP contribution is -2.42. The van der Waals surface area contributed by atoms with Crippen molar-refractivity contribution in [1.29, 1.82) is 0 Å². The zero-order valence-electron chi connectivity index (χ0n) is 17.6. The van der Waals surface area contributed by atoms with Crippen molar-refractivity contribution in [2.24, 2.45) is 0 Å². The summed E-state index contributed by atoms with van der Waals surface area (Å²) in [6.45, 7) is 6.76. The van der Waals surface area contributed by atoms with Crippen LogP contribution in [0, 0.1) is 0 Å². The molecule has 0 spiro atoms. The number of nitrogens with zero attached hydrogens (tertiary/aromatic N) is 2. The molecule has 0 unspecified atom stereocenters. The van der Waals surface area contributed by atoms with Crippen molar-refractivity contribution in [2.45, 2.75) is 44.9 Å². The van der Waals surface area contributed by atoms with E-state index in [0.717, 1.165) is 32.2 Å². The quantitative estimate of drug-likeness (QED) is 0.456. The van der Waals surface area contributed by atoms with Crippen LogP contribution in [-0.2, 0) is 16.6 Å². The van der Waals surface area contributed by atoms with Crippen LogP contribution in [-0.4, -0.2) is 33.5 Å². The van der Waals surface area contributed by atoms with Crippen LogP contribution >= 0.6 is 0 Å². The van der Waals surface area contributed by atoms with E-state index in [2.05, 4.69) is 73.8 Å². The van der Waals surface area contributed by atoms with Gasteiger partial charge in [0.25, 0.3) is 0 Å². The van der Waals surface area contributed by atoms with Gasteiger partial charge >= 0.3 is 0 Å². The second kappa shape index (κ2) is 7.20. The van der Waals surface area contributed by atoms with Gasteiger partial charge in [-0.2, -0.15) is 0 Å². The van der Waals surface area contributed by atoms with Crippen molar-refractivity contribution in [1.82, 2.24) is 4.58 Å². The van der Waals surface area contributed by atoms with Crippen molar-refractivity contribution in [3.05, 3.63) is 63.2 Å². The van der Waals surface area contributed by atoms with E-state index in [-0.39, 0.29) is 5.41 Å². The number of aldehydes is 1. The second-order valence-corrected chi connectivity index (χ2v) is 8.90. The zero-order valence-corrected chi connectivity index (χ0v) is 17.6. The third-order valence-electron chi connectivity index (χ3n) is 6.43. The van der Waals surface area contributed by atoms with Crippen molar-refractivity contribution >= 4 is 18.0 Å². The number of carbonyl (C=O) groups is 1. The molecule has 1 aliphatic carbocycles. The Morgan fingerprint density at radius 3 is 2.71 bits per heavy atom. The van der Waals surface area contributed by atoms with Crippen LogP contribution < -0.4 is 20.1 Å². The Balaban J connectivity index is 1.90. The average molecular weight is 376 g/mol. The SMILES string of the molecule is CN(C)c1ccc2c(c1)C(C)(C)c1cc3c(cc1=C2)CCC[N+]=3CCCC=O. The summed E-state index contributed by atoms with van der Waals surface area (Å²) >= 11 is 0. The van der Waals surface area contributed by atoms with Gasteiger partial charge in [-0.3, -0.25) is 0 Å². The lowest BCUT2D eigenvalue weighted by atomic mass is 9.71. The highest BCUT2D eigenvalue weighted by Crippen LogP contribution is 2.36. The zero-order chi connectivity index (χ0) is 19.9. The second-order valence-electron chi connectivity index (χ2n) is 8.90. The van der Waals surface area contributed by atoms with E-state index in [0.29, 0.717) is 6.42 Å². The van der Waals surface area contributed by atoms with Gasteiger partial charge in [-0.25, -0.2) is 4.58 Å². The Morgan fingerprint density at radius 2 is 1.96 bits per heavy atom. The number of carbonyl (C=O) groups excluding carboxylic acids is 1. The molecule has 1 aliphatic heterocycles. The topological polar surface area (TPSA) is 23.3 Å². The van der Waals surface area contributed by atoms with Crippen LogP contribution in [0.1, 0.15) is 55.4 Å². The first-order valence-electron chi connectivity index (χ1n) is 10.4. The van der Waals surface area contributed by atoms with Crippen LogP contribution in [0.15, 0.2) is 30.3 Å². The Hall–Kier alpha value is -2.42. The number of benzene rings is 2. The molecule has 0 N–H and O–H groups in total. The van der Waals surface area contributed by atoms with Gasteiger partial charge in [0.05, 0.1) is 0 Å². The molecule has 2 aromatic carbocycles. The fraction of sp³-hybridized carbons (Fsp3) is 0.440. The van der Waals surface area contributed by atoms with Gasteiger partial charge in [0.2, 0.25) is 5.36 Å². The van der Waals surface area contributed by atoms with E-state index < -0.39 is 0 Å². The molecule has 3 heteroatoms. The number of unbranched alkanes of at least 4 members (excludes halogenated alkanes) is 1. The van der Waals surface area contributed by atoms with Crippen molar-refractivity contribution in [3.8, 4) is 0 Å². The Morgan fingerprint density at radius 1 is 1.14 bits per heavy atom. The monoisotopic (exact) mass is 375 g/mol. The normalized spacial score (nSPS) is 16.5. The molecule has 1 heterocycles. The maximum Gasteiger partial charge on any atom is 0.203 e. The maximum atomic E-state index is 10.7. The van der Waals surface area contributed by atoms with Gasteiger partial charge in [-0.15, -0.1) is 0 Å². The highest BCUT2D eigenvalue weighted by molar-refractivity contribution is 5.67. The molecule has 2 aliphatic rings. The molecule has 0 bridgehead atoms. The van der Waals surface area contributed by atoms with E-state index in [1.807, 2.05) is 0 Å². The summed E-state index contributed by atoms with van der Waals surface area (Å²) < 4.78 is 2.49. The van der Waals surface area contributed by atoms with E-state index in [9.17, 15) is 4.79 Å². The van der Waals surface area contributed by atoms with Crippen molar-refractivity contribution in [3.63, 3.8) is 0 Å². The van der Waals surface area contributed by atoms with Gasteiger partial charge in [-0.05, 0) is 52.6 Å². The minimum Gasteiger partial charge on any atom is -0.378 e. The average Bonchev–Trinajstić information content (AvgIpc) is 2.67. The fourth-order valence-corrected chi connectivity index (χ4v) is 4.79. The first-order chi connectivity index (χ1) is 13.4. The third-order valence-corrected chi connectivity index (χ3v) is 6.43. The molecule has 0 saturated heterocycles. The molecule has 0 atom stereocenters. The van der Waals surface area contributed by atoms with Crippen LogP contribution in [0.4, 0.5) is 5.69 Å². The summed E-state index contributed by atoms with van der Waals surface area (Å²) in [5.41, 5.74) is 6.81. The number of rotatable bonds is 5. The number of fused-ring (bicyclic) bond motifs is 3. The van der Waals surface area contributed by atoms with Crippen LogP contribution in [0.2, 0.25) is 0 Å². The first kappa shape index (κ1) is 18.9. The molecule has 3 nitrogen and oxygen atoms in total. The van der Waals surface area contributed by atoms with Gasteiger partial charge in [0.1, 0.15) is 19.4 Å². The molecule has 4 rings (SSSR count). The van der Waals surface area contributed by atoms with Gasteiger partial charge in [0, 0.05) is 56.1 Å². The van der Waals surface area contributed by atoms with Crippen LogP contribution in [0.3, 0.4) is 0 Å². The number of hydrogen-bond acceptors (Lipinski definition) is 2. The van der Waals surface area contributed by atoms with Crippen LogP contribution in [0.25, 0.3) is 6.08 Å². The molecular formula is C25H31N2O+. The molecule has 146 valence electrons. The van der Waals surface area contributed by atoms with Crippen molar-refractivity contribution < 1.29 is 4.79 Å². The molecule has 28 heavy (non-hydrogen) atoms. The summed E-state index contributed by atoms with van der Waals surface area (Å²) in [4.78, 5) is 12.9. The van der Waals surface area contributed by atoms with Crippen molar-refractivity contribution in [2.75, 3.05) is 32.1 Å². The third kappa shape index (κ3) is 3.17. The summed E-state index contributed by atoms with van der Waals surface area (Å²) in [6.07, 6.45) is 7.32. The van der Waals surface area contributed by atoms with Gasteiger partial charge < -0.3 is 9.69 Å². The van der Waals surface area contributed by atoms with E-state index in [1.165, 1.54) is 44.9 Å². The standard InChI is InChI=1S/C25H31N2O/c1-25(2)22-16-21(26(3)4)10-9-18(22)14-20-15-19-8-7-12-27(11-5-6-13-28)24(19)17-23(20)25/h9-10,13-17H,5-8,11-12H2,1-4H3/q+1. The predicted octanol–water partition coefficient (Wildman–Crippen LogP) is 2.64. The number of aryl methyl sites for hydroxylation is 1. The summed E-state index contributed by atoms with van der Waals surface area (Å²) in [7, 11) is 4.20. The molecule has 0 fully saturated rings. The van der Waals surface area contributed by atoms with E-state index in [1.54, 1.807) is 0 Å². The lowest BCUT2D eigenvalue weighted by Gasteiger charge is -2.33.